The van der Waals surface area contributed by atoms with E-state index in [1.54, 1.807) is 0 Å². The first-order chi connectivity index (χ1) is 15.4. The van der Waals surface area contributed by atoms with Crippen LogP contribution in [0.1, 0.15) is 45.4 Å². The second-order valence-corrected chi connectivity index (χ2v) is 7.16. The molecule has 0 radical (unpaired) electrons. The molecule has 188 valence electrons. The highest BCUT2D eigenvalue weighted by Gasteiger charge is 1.95. The highest BCUT2D eigenvalue weighted by atomic mass is 16.6. The van der Waals surface area contributed by atoms with Crippen molar-refractivity contribution in [1.82, 2.24) is 5.32 Å². The Labute approximate surface area is 190 Å². The van der Waals surface area contributed by atoms with Crippen LogP contribution in [-0.4, -0.2) is 106 Å². The maximum Gasteiger partial charge on any atom is 0.0701 e. The standard InChI is InChI=1S/C23H49NO7/c1-3-4-5-6-7-8-10-25-12-14-27-16-18-29-20-22-31-23-21-30-19-17-28-15-13-26-11-9-24-2/h24H,3-23H2,1-2H3. The van der Waals surface area contributed by atoms with Gasteiger partial charge in [-0.2, -0.15) is 0 Å². The van der Waals surface area contributed by atoms with E-state index in [0.29, 0.717) is 85.9 Å². The minimum Gasteiger partial charge on any atom is -0.379 e. The monoisotopic (exact) mass is 451 g/mol. The molecule has 31 heavy (non-hydrogen) atoms. The van der Waals surface area contributed by atoms with Gasteiger partial charge in [0.1, 0.15) is 0 Å². The van der Waals surface area contributed by atoms with Crippen LogP contribution in [0.2, 0.25) is 0 Å². The normalized spacial score (nSPS) is 11.4. The van der Waals surface area contributed by atoms with Crippen molar-refractivity contribution in [3.63, 3.8) is 0 Å². The molecule has 1 N–H and O–H groups in total. The Hall–Kier alpha value is -0.320. The number of hydrogen-bond donors (Lipinski definition) is 1. The molecule has 8 nitrogen and oxygen atoms in total. The van der Waals surface area contributed by atoms with E-state index in [1.165, 1.54) is 32.1 Å². The Balaban J connectivity index is 2.98. The van der Waals surface area contributed by atoms with Crippen LogP contribution in [0, 0.1) is 0 Å². The molecule has 0 atom stereocenters. The van der Waals surface area contributed by atoms with E-state index in [2.05, 4.69) is 12.2 Å². The zero-order valence-corrected chi connectivity index (χ0v) is 20.2. The van der Waals surface area contributed by atoms with Gasteiger partial charge in [0.05, 0.1) is 85.9 Å². The lowest BCUT2D eigenvalue weighted by atomic mass is 10.1. The van der Waals surface area contributed by atoms with Crippen molar-refractivity contribution >= 4 is 0 Å². The van der Waals surface area contributed by atoms with Gasteiger partial charge >= 0.3 is 0 Å². The molecule has 0 aromatic heterocycles. The van der Waals surface area contributed by atoms with Gasteiger partial charge in [-0.3, -0.25) is 0 Å². The first-order valence-electron chi connectivity index (χ1n) is 12.1. The van der Waals surface area contributed by atoms with Crippen molar-refractivity contribution in [3.8, 4) is 0 Å². The molecule has 0 saturated carbocycles. The largest absolute Gasteiger partial charge is 0.379 e. The van der Waals surface area contributed by atoms with Crippen LogP contribution in [-0.2, 0) is 33.2 Å². The SMILES string of the molecule is CCCCCCCCOCCOCCOCCOCCOCCOCCOCCNC. The van der Waals surface area contributed by atoms with Crippen LogP contribution in [0.15, 0.2) is 0 Å². The first kappa shape index (κ1) is 30.7. The fourth-order valence-corrected chi connectivity index (χ4v) is 2.58. The summed E-state index contributed by atoms with van der Waals surface area (Å²) in [5.74, 6) is 0. The molecule has 0 aliphatic carbocycles. The van der Waals surface area contributed by atoms with E-state index < -0.39 is 0 Å². The van der Waals surface area contributed by atoms with Gasteiger partial charge in [0.2, 0.25) is 0 Å². The Morgan fingerprint density at radius 3 is 1.10 bits per heavy atom. The summed E-state index contributed by atoms with van der Waals surface area (Å²) in [5, 5.41) is 3.02. The van der Waals surface area contributed by atoms with Gasteiger partial charge in [-0.1, -0.05) is 39.0 Å². The van der Waals surface area contributed by atoms with Gasteiger partial charge in [-0.15, -0.1) is 0 Å². The summed E-state index contributed by atoms with van der Waals surface area (Å²) in [7, 11) is 1.90. The fourth-order valence-electron chi connectivity index (χ4n) is 2.58. The summed E-state index contributed by atoms with van der Waals surface area (Å²) in [4.78, 5) is 0. The number of nitrogens with one attached hydrogen (secondary N) is 1. The number of likely N-dealkylation sites (N-methyl/N-ethyl adjacent to an activating group) is 1. The summed E-state index contributed by atoms with van der Waals surface area (Å²) in [6, 6.07) is 0. The van der Waals surface area contributed by atoms with E-state index in [1.807, 2.05) is 7.05 Å². The molecular weight excluding hydrogens is 402 g/mol. The van der Waals surface area contributed by atoms with Crippen LogP contribution < -0.4 is 5.32 Å². The van der Waals surface area contributed by atoms with E-state index in [4.69, 9.17) is 33.2 Å². The number of ether oxygens (including phenoxy) is 7. The number of unbranched alkanes of at least 4 members (excludes halogenated alkanes) is 5. The minimum atomic E-state index is 0.558. The van der Waals surface area contributed by atoms with Gasteiger partial charge < -0.3 is 38.5 Å². The van der Waals surface area contributed by atoms with Gasteiger partial charge in [-0.25, -0.2) is 0 Å². The highest BCUT2D eigenvalue weighted by molar-refractivity contribution is 4.43. The Morgan fingerprint density at radius 1 is 0.387 bits per heavy atom. The molecular formula is C23H49NO7. The molecule has 0 aromatic rings. The van der Waals surface area contributed by atoms with Crippen molar-refractivity contribution in [3.05, 3.63) is 0 Å². The molecule has 0 aliphatic heterocycles. The summed E-state index contributed by atoms with van der Waals surface area (Å²) in [6.07, 6.45) is 7.74. The van der Waals surface area contributed by atoms with E-state index in [0.717, 1.165) is 19.6 Å². The Morgan fingerprint density at radius 2 is 0.710 bits per heavy atom. The van der Waals surface area contributed by atoms with Crippen molar-refractivity contribution in [2.45, 2.75) is 45.4 Å². The van der Waals surface area contributed by atoms with E-state index >= 15 is 0 Å². The molecule has 0 bridgehead atoms. The highest BCUT2D eigenvalue weighted by Crippen LogP contribution is 2.04. The van der Waals surface area contributed by atoms with Crippen molar-refractivity contribution < 1.29 is 33.2 Å². The predicted octanol–water partition coefficient (Wildman–Crippen LogP) is 2.68. The van der Waals surface area contributed by atoms with Crippen molar-refractivity contribution in [1.29, 1.82) is 0 Å². The topological polar surface area (TPSA) is 76.6 Å². The third-order valence-electron chi connectivity index (χ3n) is 4.37. The summed E-state index contributed by atoms with van der Waals surface area (Å²) >= 11 is 0. The molecule has 8 heteroatoms. The lowest BCUT2D eigenvalue weighted by Gasteiger charge is -2.08. The lowest BCUT2D eigenvalue weighted by molar-refractivity contribution is -0.0204. The third-order valence-corrected chi connectivity index (χ3v) is 4.37. The van der Waals surface area contributed by atoms with E-state index in [9.17, 15) is 0 Å². The third kappa shape index (κ3) is 29.7. The maximum absolute atomic E-state index is 5.56. The molecule has 0 saturated heterocycles. The molecule has 0 rings (SSSR count). The molecule has 0 heterocycles. The second kappa shape index (κ2) is 29.7. The van der Waals surface area contributed by atoms with Crippen LogP contribution >= 0.6 is 0 Å². The average molecular weight is 452 g/mol. The second-order valence-electron chi connectivity index (χ2n) is 7.16. The summed E-state index contributed by atoms with van der Waals surface area (Å²) in [5.41, 5.74) is 0. The number of rotatable bonds is 28. The van der Waals surface area contributed by atoms with Crippen LogP contribution in [0.25, 0.3) is 0 Å². The van der Waals surface area contributed by atoms with Gasteiger partial charge in [0.15, 0.2) is 0 Å². The number of hydrogen-bond acceptors (Lipinski definition) is 8. The molecule has 0 spiro atoms. The molecule has 0 aromatic carbocycles. The van der Waals surface area contributed by atoms with Crippen molar-refractivity contribution in [2.24, 2.45) is 0 Å². The zero-order chi connectivity index (χ0) is 22.5. The smallest absolute Gasteiger partial charge is 0.0701 e. The van der Waals surface area contributed by atoms with Gasteiger partial charge in [0.25, 0.3) is 0 Å². The van der Waals surface area contributed by atoms with Crippen LogP contribution in [0.5, 0.6) is 0 Å². The lowest BCUT2D eigenvalue weighted by Crippen LogP contribution is -2.17. The Bertz CT molecular complexity index is 284. The molecule has 0 aliphatic rings. The molecule has 0 unspecified atom stereocenters. The minimum absolute atomic E-state index is 0.558. The van der Waals surface area contributed by atoms with Crippen LogP contribution in [0.3, 0.4) is 0 Å². The summed E-state index contributed by atoms with van der Waals surface area (Å²) in [6.45, 7) is 11.7. The molecule has 0 amide bonds. The van der Waals surface area contributed by atoms with Crippen LogP contribution in [0.4, 0.5) is 0 Å². The average Bonchev–Trinajstić information content (AvgIpc) is 2.78. The maximum atomic E-state index is 5.56. The molecule has 0 fully saturated rings. The van der Waals surface area contributed by atoms with Crippen molar-refractivity contribution in [2.75, 3.05) is 106 Å². The first-order valence-corrected chi connectivity index (χ1v) is 12.1. The van der Waals surface area contributed by atoms with E-state index in [-0.39, 0.29) is 0 Å². The van der Waals surface area contributed by atoms with Gasteiger partial charge in [-0.05, 0) is 13.5 Å². The van der Waals surface area contributed by atoms with Gasteiger partial charge in [0, 0.05) is 13.2 Å². The summed E-state index contributed by atoms with van der Waals surface area (Å²) < 4.78 is 38.2. The Kier molecular flexibility index (Phi) is 29.4. The zero-order valence-electron chi connectivity index (χ0n) is 20.2. The predicted molar refractivity (Wildman–Crippen MR) is 123 cm³/mol. The fraction of sp³-hybridized carbons (Fsp3) is 1.00. The quantitative estimate of drug-likeness (QED) is 0.182.